The van der Waals surface area contributed by atoms with Gasteiger partial charge < -0.3 is 5.32 Å². The fraction of sp³-hybridized carbons (Fsp3) is 0.235. The zero-order chi connectivity index (χ0) is 18.6. The quantitative estimate of drug-likeness (QED) is 0.709. The summed E-state index contributed by atoms with van der Waals surface area (Å²) in [5.41, 5.74) is 1.61. The van der Waals surface area contributed by atoms with Gasteiger partial charge in [-0.05, 0) is 49.2 Å². The molecule has 2 aromatic carbocycles. The molecule has 1 amide bonds. The van der Waals surface area contributed by atoms with Gasteiger partial charge in [0.05, 0.1) is 17.0 Å². The maximum absolute atomic E-state index is 12.4. The highest BCUT2D eigenvalue weighted by Gasteiger charge is 2.14. The Kier molecular flexibility index (Phi) is 6.48. The summed E-state index contributed by atoms with van der Waals surface area (Å²) < 4.78 is 26.0. The molecule has 0 heterocycles. The van der Waals surface area contributed by atoms with Crippen LogP contribution in [-0.2, 0) is 16.4 Å². The summed E-state index contributed by atoms with van der Waals surface area (Å²) >= 11 is 9.36. The van der Waals surface area contributed by atoms with Crippen LogP contribution in [0.3, 0.4) is 0 Å². The number of anilines is 1. The number of rotatable bonds is 6. The molecule has 2 aromatic rings. The number of amides is 1. The third-order valence-corrected chi connectivity index (χ3v) is 4.81. The van der Waals surface area contributed by atoms with Gasteiger partial charge in [0.25, 0.3) is 5.91 Å². The monoisotopic (exact) mass is 444 g/mol. The second-order valence-corrected chi connectivity index (χ2v) is 8.85. The molecule has 25 heavy (non-hydrogen) atoms. The molecule has 0 spiro atoms. The Morgan fingerprint density at radius 2 is 1.84 bits per heavy atom. The van der Waals surface area contributed by atoms with Gasteiger partial charge in [-0.1, -0.05) is 39.7 Å². The van der Waals surface area contributed by atoms with Crippen LogP contribution >= 0.6 is 27.5 Å². The van der Waals surface area contributed by atoms with Crippen LogP contribution < -0.4 is 10.0 Å². The second-order valence-electron chi connectivity index (χ2n) is 5.77. The first kappa shape index (κ1) is 19.8. The van der Waals surface area contributed by atoms with Gasteiger partial charge in [0.15, 0.2) is 0 Å². The van der Waals surface area contributed by atoms with E-state index < -0.39 is 10.0 Å². The predicted molar refractivity (Wildman–Crippen MR) is 105 cm³/mol. The molecule has 1 unspecified atom stereocenters. The van der Waals surface area contributed by atoms with E-state index in [1.807, 2.05) is 31.2 Å². The number of benzene rings is 2. The highest BCUT2D eigenvalue weighted by atomic mass is 79.9. The Bertz CT molecular complexity index is 870. The maximum atomic E-state index is 12.4. The Labute approximate surface area is 161 Å². The van der Waals surface area contributed by atoms with Crippen LogP contribution in [0.1, 0.15) is 22.8 Å². The molecular formula is C17H18BrClN2O3S. The first-order valence-electron chi connectivity index (χ1n) is 7.47. The van der Waals surface area contributed by atoms with Crippen LogP contribution in [-0.4, -0.2) is 26.6 Å². The van der Waals surface area contributed by atoms with Crippen LogP contribution in [0, 0.1) is 0 Å². The molecule has 0 radical (unpaired) electrons. The van der Waals surface area contributed by atoms with Crippen molar-refractivity contribution in [2.45, 2.75) is 19.4 Å². The third-order valence-electron chi connectivity index (χ3n) is 3.36. The van der Waals surface area contributed by atoms with Gasteiger partial charge in [-0.15, -0.1) is 0 Å². The molecule has 0 saturated carbocycles. The number of carbonyl (C=O) groups is 1. The molecule has 1 atom stereocenters. The van der Waals surface area contributed by atoms with E-state index in [0.29, 0.717) is 12.0 Å². The van der Waals surface area contributed by atoms with Crippen LogP contribution in [0.25, 0.3) is 0 Å². The molecule has 0 fully saturated rings. The SMILES string of the molecule is CC(Cc1ccc(Br)cc1)NC(=O)c1ccc(Cl)c(NS(C)(=O)=O)c1. The summed E-state index contributed by atoms with van der Waals surface area (Å²) in [7, 11) is -3.48. The summed E-state index contributed by atoms with van der Waals surface area (Å²) in [6, 6.07) is 12.3. The summed E-state index contributed by atoms with van der Waals surface area (Å²) in [5, 5.41) is 3.12. The van der Waals surface area contributed by atoms with Crippen LogP contribution in [0.15, 0.2) is 46.9 Å². The zero-order valence-corrected chi connectivity index (χ0v) is 16.9. The third kappa shape index (κ3) is 6.34. The minimum Gasteiger partial charge on any atom is -0.349 e. The van der Waals surface area contributed by atoms with Gasteiger partial charge in [0, 0.05) is 16.1 Å². The van der Waals surface area contributed by atoms with Crippen LogP contribution in [0.2, 0.25) is 5.02 Å². The van der Waals surface area contributed by atoms with Crippen molar-refractivity contribution >= 4 is 49.1 Å². The van der Waals surface area contributed by atoms with Crippen molar-refractivity contribution in [1.29, 1.82) is 0 Å². The maximum Gasteiger partial charge on any atom is 0.251 e. The van der Waals surface area contributed by atoms with E-state index in [1.165, 1.54) is 12.1 Å². The lowest BCUT2D eigenvalue weighted by Crippen LogP contribution is -2.34. The molecule has 0 saturated heterocycles. The summed E-state index contributed by atoms with van der Waals surface area (Å²) in [6.07, 6.45) is 1.71. The van der Waals surface area contributed by atoms with Crippen molar-refractivity contribution in [2.75, 3.05) is 11.0 Å². The van der Waals surface area contributed by atoms with Gasteiger partial charge in [-0.3, -0.25) is 9.52 Å². The molecule has 0 bridgehead atoms. The molecular weight excluding hydrogens is 428 g/mol. The molecule has 2 N–H and O–H groups in total. The number of sulfonamides is 1. The van der Waals surface area contributed by atoms with Crippen LogP contribution in [0.4, 0.5) is 5.69 Å². The highest BCUT2D eigenvalue weighted by Crippen LogP contribution is 2.24. The van der Waals surface area contributed by atoms with E-state index in [9.17, 15) is 13.2 Å². The molecule has 0 aliphatic heterocycles. The molecule has 2 rings (SSSR count). The minimum absolute atomic E-state index is 0.0873. The molecule has 0 aliphatic rings. The highest BCUT2D eigenvalue weighted by molar-refractivity contribution is 9.10. The van der Waals surface area contributed by atoms with Crippen molar-refractivity contribution in [3.63, 3.8) is 0 Å². The Hall–Kier alpha value is -1.57. The van der Waals surface area contributed by atoms with Crippen molar-refractivity contribution in [2.24, 2.45) is 0 Å². The van der Waals surface area contributed by atoms with E-state index in [-0.39, 0.29) is 22.7 Å². The average molecular weight is 446 g/mol. The number of halogens is 2. The minimum atomic E-state index is -3.48. The van der Waals surface area contributed by atoms with Gasteiger partial charge in [0.2, 0.25) is 10.0 Å². The molecule has 8 heteroatoms. The zero-order valence-electron chi connectivity index (χ0n) is 13.7. The van der Waals surface area contributed by atoms with Crippen molar-refractivity contribution < 1.29 is 13.2 Å². The predicted octanol–water partition coefficient (Wildman–Crippen LogP) is 3.84. The molecule has 134 valence electrons. The van der Waals surface area contributed by atoms with E-state index in [4.69, 9.17) is 11.6 Å². The lowest BCUT2D eigenvalue weighted by atomic mass is 10.1. The topological polar surface area (TPSA) is 75.3 Å². The van der Waals surface area contributed by atoms with Gasteiger partial charge in [-0.25, -0.2) is 8.42 Å². The largest absolute Gasteiger partial charge is 0.349 e. The normalized spacial score (nSPS) is 12.5. The number of nitrogens with one attached hydrogen (secondary N) is 2. The van der Waals surface area contributed by atoms with E-state index in [2.05, 4.69) is 26.0 Å². The first-order chi connectivity index (χ1) is 11.6. The first-order valence-corrected chi connectivity index (χ1v) is 10.5. The molecule has 0 aromatic heterocycles. The Morgan fingerprint density at radius 3 is 2.44 bits per heavy atom. The van der Waals surface area contributed by atoms with E-state index >= 15 is 0 Å². The second kappa shape index (κ2) is 8.21. The lowest BCUT2D eigenvalue weighted by molar-refractivity contribution is 0.0940. The van der Waals surface area contributed by atoms with Crippen molar-refractivity contribution in [3.05, 3.63) is 63.1 Å². The number of hydrogen-bond donors (Lipinski definition) is 2. The number of hydrogen-bond acceptors (Lipinski definition) is 3. The van der Waals surface area contributed by atoms with Gasteiger partial charge in [0.1, 0.15) is 0 Å². The lowest BCUT2D eigenvalue weighted by Gasteiger charge is -2.15. The van der Waals surface area contributed by atoms with Crippen LogP contribution in [0.5, 0.6) is 0 Å². The summed E-state index contributed by atoms with van der Waals surface area (Å²) in [4.78, 5) is 12.4. The average Bonchev–Trinajstić information content (AvgIpc) is 2.50. The number of carbonyl (C=O) groups excluding carboxylic acids is 1. The smallest absolute Gasteiger partial charge is 0.251 e. The summed E-state index contributed by atoms with van der Waals surface area (Å²) in [6.45, 7) is 1.91. The standard InChI is InChI=1S/C17H18BrClN2O3S/c1-11(9-12-3-6-14(18)7-4-12)20-17(22)13-5-8-15(19)16(10-13)21-25(2,23)24/h3-8,10-11,21H,9H2,1-2H3,(H,20,22). The molecule has 0 aliphatic carbocycles. The fourth-order valence-corrected chi connectivity index (χ4v) is 3.33. The Morgan fingerprint density at radius 1 is 1.20 bits per heavy atom. The van der Waals surface area contributed by atoms with Gasteiger partial charge in [-0.2, -0.15) is 0 Å². The molecule has 5 nitrogen and oxygen atoms in total. The Balaban J connectivity index is 2.07. The van der Waals surface area contributed by atoms with E-state index in [1.54, 1.807) is 6.07 Å². The van der Waals surface area contributed by atoms with E-state index in [0.717, 1.165) is 16.3 Å². The van der Waals surface area contributed by atoms with Gasteiger partial charge >= 0.3 is 0 Å². The summed E-state index contributed by atoms with van der Waals surface area (Å²) in [5.74, 6) is -0.294. The van der Waals surface area contributed by atoms with Crippen molar-refractivity contribution in [3.8, 4) is 0 Å². The fourth-order valence-electron chi connectivity index (χ4n) is 2.28. The van der Waals surface area contributed by atoms with Crippen molar-refractivity contribution in [1.82, 2.24) is 5.32 Å².